The molecule has 2 aromatic heterocycles. The Morgan fingerprint density at radius 2 is 2.04 bits per heavy atom. The van der Waals surface area contributed by atoms with Gasteiger partial charge in [-0.15, -0.1) is 0 Å². The van der Waals surface area contributed by atoms with E-state index < -0.39 is 0 Å². The Morgan fingerprint density at radius 1 is 1.24 bits per heavy atom. The first-order valence-corrected chi connectivity index (χ1v) is 8.78. The van der Waals surface area contributed by atoms with E-state index in [0.717, 1.165) is 36.8 Å². The number of fused-ring (bicyclic) bond motifs is 1. The van der Waals surface area contributed by atoms with Crippen molar-refractivity contribution in [1.29, 1.82) is 0 Å². The number of aromatic nitrogens is 3. The molecular formula is C20H24N4O. The van der Waals surface area contributed by atoms with Gasteiger partial charge in [0.25, 0.3) is 0 Å². The van der Waals surface area contributed by atoms with Gasteiger partial charge in [0.2, 0.25) is 0 Å². The van der Waals surface area contributed by atoms with Crippen LogP contribution in [0.5, 0.6) is 0 Å². The third kappa shape index (κ3) is 3.12. The molecule has 5 nitrogen and oxygen atoms in total. The van der Waals surface area contributed by atoms with Crippen LogP contribution in [0.3, 0.4) is 0 Å². The number of hydrogen-bond acceptors (Lipinski definition) is 4. The summed E-state index contributed by atoms with van der Waals surface area (Å²) in [5.74, 6) is 0.788. The van der Waals surface area contributed by atoms with Crippen LogP contribution >= 0.6 is 0 Å². The summed E-state index contributed by atoms with van der Waals surface area (Å²) in [5, 5.41) is 0. The zero-order valence-electron chi connectivity index (χ0n) is 15.0. The molecule has 3 heterocycles. The molecule has 1 unspecified atom stereocenters. The molecule has 0 saturated carbocycles. The fourth-order valence-electron chi connectivity index (χ4n) is 3.43. The molecular weight excluding hydrogens is 312 g/mol. The summed E-state index contributed by atoms with van der Waals surface area (Å²) in [7, 11) is 0. The first-order chi connectivity index (χ1) is 12.0. The molecule has 0 amide bonds. The van der Waals surface area contributed by atoms with Gasteiger partial charge < -0.3 is 9.40 Å². The van der Waals surface area contributed by atoms with Crippen LogP contribution in [-0.4, -0.2) is 26.4 Å². The predicted octanol–water partition coefficient (Wildman–Crippen LogP) is 3.84. The van der Waals surface area contributed by atoms with Crippen molar-refractivity contribution in [1.82, 2.24) is 19.9 Å². The van der Waals surface area contributed by atoms with E-state index in [1.54, 1.807) is 12.6 Å². The maximum Gasteiger partial charge on any atom is 0.199 e. The largest absolute Gasteiger partial charge is 0.448 e. The summed E-state index contributed by atoms with van der Waals surface area (Å²) in [6.07, 6.45) is 4.57. The fourth-order valence-corrected chi connectivity index (χ4v) is 3.43. The van der Waals surface area contributed by atoms with E-state index in [0.29, 0.717) is 0 Å². The van der Waals surface area contributed by atoms with Crippen LogP contribution in [-0.2, 0) is 18.4 Å². The van der Waals surface area contributed by atoms with E-state index in [1.165, 1.54) is 11.3 Å². The molecule has 1 N–H and O–H groups in total. The summed E-state index contributed by atoms with van der Waals surface area (Å²) in [6, 6.07) is 10.7. The predicted molar refractivity (Wildman–Crippen MR) is 96.2 cm³/mol. The zero-order valence-corrected chi connectivity index (χ0v) is 15.0. The number of oxazole rings is 1. The highest BCUT2D eigenvalue weighted by atomic mass is 16.3. The molecule has 5 heteroatoms. The van der Waals surface area contributed by atoms with Gasteiger partial charge >= 0.3 is 0 Å². The maximum absolute atomic E-state index is 5.71. The SMILES string of the molecule is CC(C)(C)c1nc(CN2CCc3[nH]cnc3C2c2ccccc2)co1. The van der Waals surface area contributed by atoms with Crippen molar-refractivity contribution in [2.75, 3.05) is 6.54 Å². The number of H-pyrrole nitrogens is 1. The molecule has 4 rings (SSSR count). The normalized spacial score (nSPS) is 18.3. The zero-order chi connectivity index (χ0) is 17.4. The van der Waals surface area contributed by atoms with E-state index in [9.17, 15) is 0 Å². The summed E-state index contributed by atoms with van der Waals surface area (Å²) in [5.41, 5.74) is 4.52. The molecule has 1 aromatic carbocycles. The van der Waals surface area contributed by atoms with E-state index in [1.807, 2.05) is 0 Å². The summed E-state index contributed by atoms with van der Waals surface area (Å²) >= 11 is 0. The number of aromatic amines is 1. The summed E-state index contributed by atoms with van der Waals surface area (Å²) < 4.78 is 5.71. The van der Waals surface area contributed by atoms with E-state index in [-0.39, 0.29) is 11.5 Å². The standard InChI is InChI=1S/C20H24N4O/c1-20(2,3)19-23-15(12-25-19)11-24-10-9-16-17(22-13-21-16)18(24)14-7-5-4-6-8-14/h4-8,12-13,18H,9-11H2,1-3H3,(H,21,22). The Balaban J connectivity index is 1.65. The highest BCUT2D eigenvalue weighted by Gasteiger charge is 2.31. The number of nitrogens with one attached hydrogen (secondary N) is 1. The van der Waals surface area contributed by atoms with Gasteiger partial charge in [-0.25, -0.2) is 9.97 Å². The smallest absolute Gasteiger partial charge is 0.199 e. The van der Waals surface area contributed by atoms with Crippen LogP contribution in [0.15, 0.2) is 47.3 Å². The van der Waals surface area contributed by atoms with Crippen molar-refractivity contribution in [2.24, 2.45) is 0 Å². The molecule has 25 heavy (non-hydrogen) atoms. The lowest BCUT2D eigenvalue weighted by atomic mass is 9.95. The minimum absolute atomic E-state index is 0.0751. The van der Waals surface area contributed by atoms with Crippen molar-refractivity contribution < 1.29 is 4.42 Å². The summed E-state index contributed by atoms with van der Waals surface area (Å²) in [6.45, 7) is 8.07. The van der Waals surface area contributed by atoms with Gasteiger partial charge in [-0.2, -0.15) is 0 Å². The van der Waals surface area contributed by atoms with E-state index in [2.05, 4.69) is 66.0 Å². The van der Waals surface area contributed by atoms with Gasteiger partial charge in [-0.3, -0.25) is 4.90 Å². The number of rotatable bonds is 3. The lowest BCUT2D eigenvalue weighted by Crippen LogP contribution is -2.36. The monoisotopic (exact) mass is 336 g/mol. The minimum Gasteiger partial charge on any atom is -0.448 e. The molecule has 0 radical (unpaired) electrons. The maximum atomic E-state index is 5.71. The van der Waals surface area contributed by atoms with Crippen molar-refractivity contribution >= 4 is 0 Å². The quantitative estimate of drug-likeness (QED) is 0.789. The van der Waals surface area contributed by atoms with Crippen LogP contribution in [0.4, 0.5) is 0 Å². The fraction of sp³-hybridized carbons (Fsp3) is 0.400. The molecule has 1 aliphatic rings. The molecule has 1 aliphatic heterocycles. The van der Waals surface area contributed by atoms with Crippen molar-refractivity contribution in [3.05, 3.63) is 71.5 Å². The Bertz CT molecular complexity index is 844. The van der Waals surface area contributed by atoms with Gasteiger partial charge in [0.1, 0.15) is 6.26 Å². The van der Waals surface area contributed by atoms with Gasteiger partial charge in [0, 0.05) is 30.6 Å². The highest BCUT2D eigenvalue weighted by molar-refractivity contribution is 5.32. The van der Waals surface area contributed by atoms with Crippen LogP contribution in [0, 0.1) is 0 Å². The topological polar surface area (TPSA) is 58.0 Å². The molecule has 0 fully saturated rings. The molecule has 130 valence electrons. The van der Waals surface area contributed by atoms with Crippen LogP contribution in [0.1, 0.15) is 55.3 Å². The third-order valence-electron chi connectivity index (χ3n) is 4.70. The van der Waals surface area contributed by atoms with Gasteiger partial charge in [-0.05, 0) is 5.56 Å². The van der Waals surface area contributed by atoms with Crippen molar-refractivity contribution in [2.45, 2.75) is 45.2 Å². The molecule has 1 atom stereocenters. The van der Waals surface area contributed by atoms with Crippen LogP contribution in [0.25, 0.3) is 0 Å². The molecule has 0 bridgehead atoms. The number of nitrogens with zero attached hydrogens (tertiary/aromatic N) is 3. The Morgan fingerprint density at radius 3 is 2.76 bits per heavy atom. The van der Waals surface area contributed by atoms with Crippen molar-refractivity contribution in [3.8, 4) is 0 Å². The summed E-state index contributed by atoms with van der Waals surface area (Å²) in [4.78, 5) is 15.0. The molecule has 0 spiro atoms. The third-order valence-corrected chi connectivity index (χ3v) is 4.70. The Labute approximate surface area is 148 Å². The van der Waals surface area contributed by atoms with Gasteiger partial charge in [0.05, 0.1) is 23.8 Å². The minimum atomic E-state index is -0.0751. The lowest BCUT2D eigenvalue weighted by molar-refractivity contribution is 0.198. The van der Waals surface area contributed by atoms with E-state index in [4.69, 9.17) is 9.40 Å². The average molecular weight is 336 g/mol. The second-order valence-corrected chi connectivity index (χ2v) is 7.69. The Hall–Kier alpha value is -2.40. The lowest BCUT2D eigenvalue weighted by Gasteiger charge is -2.34. The molecule has 3 aromatic rings. The van der Waals surface area contributed by atoms with Crippen LogP contribution < -0.4 is 0 Å². The second-order valence-electron chi connectivity index (χ2n) is 7.69. The number of imidazole rings is 1. The first-order valence-electron chi connectivity index (χ1n) is 8.78. The highest BCUT2D eigenvalue weighted by Crippen LogP contribution is 2.34. The molecule has 0 aliphatic carbocycles. The first kappa shape index (κ1) is 16.1. The van der Waals surface area contributed by atoms with Gasteiger partial charge in [-0.1, -0.05) is 51.1 Å². The average Bonchev–Trinajstić information content (AvgIpc) is 3.24. The van der Waals surface area contributed by atoms with Crippen LogP contribution in [0.2, 0.25) is 0 Å². The Kier molecular flexibility index (Phi) is 3.96. The van der Waals surface area contributed by atoms with Gasteiger partial charge in [0.15, 0.2) is 5.89 Å². The number of benzene rings is 1. The second kappa shape index (κ2) is 6.15. The van der Waals surface area contributed by atoms with E-state index >= 15 is 0 Å². The van der Waals surface area contributed by atoms with Crippen molar-refractivity contribution in [3.63, 3.8) is 0 Å². The molecule has 0 saturated heterocycles. The number of hydrogen-bond donors (Lipinski definition) is 1.